The van der Waals surface area contributed by atoms with E-state index in [1.807, 2.05) is 33.3 Å². The molecule has 0 heterocycles. The Kier molecular flexibility index (Phi) is 15.8. The molecule has 14 heteroatoms. The fourth-order valence-electron chi connectivity index (χ4n) is 4.64. The molecule has 0 aromatic heterocycles. The maximum atomic E-state index is 10.1. The van der Waals surface area contributed by atoms with Crippen molar-refractivity contribution in [2.24, 2.45) is 5.92 Å². The van der Waals surface area contributed by atoms with Crippen LogP contribution in [0.5, 0.6) is 0 Å². The van der Waals surface area contributed by atoms with E-state index >= 15 is 0 Å². The Hall–Kier alpha value is -1.32. The number of carboxylic acids is 1. The summed E-state index contributed by atoms with van der Waals surface area (Å²) in [4.78, 5) is 12.6. The van der Waals surface area contributed by atoms with E-state index in [0.29, 0.717) is 22.5 Å². The molecule has 0 radical (unpaired) electrons. The number of halogens is 1. The van der Waals surface area contributed by atoms with Crippen LogP contribution in [0.3, 0.4) is 0 Å². The van der Waals surface area contributed by atoms with E-state index in [-0.39, 0.29) is 6.42 Å². The second-order valence-corrected chi connectivity index (χ2v) is 15.5. The molecule has 0 saturated heterocycles. The van der Waals surface area contributed by atoms with Crippen molar-refractivity contribution in [2.45, 2.75) is 63.5 Å². The van der Waals surface area contributed by atoms with Crippen LogP contribution in [0.1, 0.15) is 51.5 Å². The molecule has 1 aromatic rings. The maximum absolute atomic E-state index is 10.1. The zero-order chi connectivity index (χ0) is 31.5. The lowest BCUT2D eigenvalue weighted by atomic mass is 9.58. The summed E-state index contributed by atoms with van der Waals surface area (Å²) in [5.74, 6) is -2.18. The van der Waals surface area contributed by atoms with Crippen LogP contribution in [0.4, 0.5) is 0 Å². The molecule has 1 aliphatic rings. The van der Waals surface area contributed by atoms with Gasteiger partial charge >= 0.3 is 5.97 Å². The minimum absolute atomic E-state index is 0.171. The first-order chi connectivity index (χ1) is 18.0. The van der Waals surface area contributed by atoms with Gasteiger partial charge in [0.05, 0.1) is 39.1 Å². The Morgan fingerprint density at radius 2 is 1.45 bits per heavy atom. The highest BCUT2D eigenvalue weighted by molar-refractivity contribution is 7.89. The number of likely N-dealkylation sites (N-methyl/N-ethyl adjacent to an activating group) is 2. The van der Waals surface area contributed by atoms with Crippen molar-refractivity contribution in [3.8, 4) is 0 Å². The first-order valence-corrected chi connectivity index (χ1v) is 16.6. The van der Waals surface area contributed by atoms with Crippen molar-refractivity contribution in [1.29, 1.82) is 0 Å². The zero-order valence-electron chi connectivity index (χ0n) is 24.6. The topological polar surface area (TPSA) is 170 Å². The normalized spacial score (nSPS) is 16.6. The Balaban J connectivity index is 0.000000623. The van der Waals surface area contributed by atoms with Crippen molar-refractivity contribution in [2.75, 3.05) is 53.3 Å². The van der Waals surface area contributed by atoms with Crippen molar-refractivity contribution in [3.05, 3.63) is 34.9 Å². The number of nitrogens with zero attached hydrogens (tertiary/aromatic N) is 2. The molecule has 0 aliphatic heterocycles. The van der Waals surface area contributed by atoms with E-state index in [9.17, 15) is 21.6 Å². The van der Waals surface area contributed by atoms with Gasteiger partial charge in [-0.1, -0.05) is 44.0 Å². The molecule has 1 aromatic carbocycles. The minimum Gasteiger partial charge on any atom is -0.481 e. The van der Waals surface area contributed by atoms with Crippen LogP contribution < -0.4 is 0 Å². The van der Waals surface area contributed by atoms with Gasteiger partial charge in [0.15, 0.2) is 0 Å². The molecule has 234 valence electrons. The zero-order valence-corrected chi connectivity index (χ0v) is 27.0. The number of rotatable bonds is 12. The third-order valence-corrected chi connectivity index (χ3v) is 8.34. The standard InChI is InChI=1S/C17H26ClN.C7H15NO3.C2H6O6S2/c1-13(2)12-16(19(3)4)17(10-5-11-17)14-6-8-15(18)9-7-14;1-8(2,3)5-6(9)4-7(10)11;3-9(4,5)1-2-10(6,7)8/h6-9,13,16H,5,10-12H2,1-4H3;6,9H,4-5H2,1-3H3;1-2H2,(H,3,4,5)(H,6,7,8)/p+1/t;6-;/m.1./s1. The summed E-state index contributed by atoms with van der Waals surface area (Å²) in [6.45, 7) is 5.11. The predicted octanol–water partition coefficient (Wildman–Crippen LogP) is 3.03. The van der Waals surface area contributed by atoms with Crippen molar-refractivity contribution in [1.82, 2.24) is 4.90 Å². The third-order valence-electron chi connectivity index (χ3n) is 6.39. The summed E-state index contributed by atoms with van der Waals surface area (Å²) in [7, 11) is 1.58. The molecule has 11 nitrogen and oxygen atoms in total. The lowest BCUT2D eigenvalue weighted by Gasteiger charge is -2.51. The highest BCUT2D eigenvalue weighted by atomic mass is 35.5. The summed E-state index contributed by atoms with van der Waals surface area (Å²) in [6, 6.07) is 9.18. The van der Waals surface area contributed by atoms with Gasteiger partial charge in [-0.05, 0) is 57.0 Å². The van der Waals surface area contributed by atoms with Gasteiger partial charge in [-0.15, -0.1) is 0 Å². The number of carbonyl (C=O) groups is 1. The molecular weight excluding hydrogens is 584 g/mol. The number of aliphatic hydroxyl groups is 1. The van der Waals surface area contributed by atoms with E-state index < -0.39 is 43.8 Å². The molecule has 2 atom stereocenters. The lowest BCUT2D eigenvalue weighted by Crippen LogP contribution is -2.52. The SMILES string of the molecule is CC(C)CC(N(C)C)C1(c2ccc(Cl)cc2)CCC1.C[N+](C)(C)C[C@H](O)CC(=O)O.O=S(=O)(O)CCS(=O)(=O)O. The smallest absolute Gasteiger partial charge is 0.306 e. The van der Waals surface area contributed by atoms with Gasteiger partial charge in [-0.3, -0.25) is 13.9 Å². The van der Waals surface area contributed by atoms with Gasteiger partial charge in [0.1, 0.15) is 12.6 Å². The summed E-state index contributed by atoms with van der Waals surface area (Å²) in [5.41, 5.74) is 1.82. The monoisotopic (exact) mass is 631 g/mol. The van der Waals surface area contributed by atoms with Gasteiger partial charge in [0, 0.05) is 16.5 Å². The summed E-state index contributed by atoms with van der Waals surface area (Å²) in [5, 5.41) is 18.3. The van der Waals surface area contributed by atoms with E-state index in [0.717, 1.165) is 10.9 Å². The van der Waals surface area contributed by atoms with E-state index in [2.05, 4.69) is 45.0 Å². The van der Waals surface area contributed by atoms with Gasteiger partial charge in [-0.2, -0.15) is 16.8 Å². The molecule has 1 fully saturated rings. The van der Waals surface area contributed by atoms with E-state index in [1.165, 1.54) is 31.2 Å². The number of carboxylic acid groups (broad SMARTS) is 1. The van der Waals surface area contributed by atoms with Crippen LogP contribution in [0, 0.1) is 5.92 Å². The molecule has 0 amide bonds. The van der Waals surface area contributed by atoms with Crippen LogP contribution in [0.2, 0.25) is 5.02 Å². The van der Waals surface area contributed by atoms with E-state index in [1.54, 1.807) is 0 Å². The average molecular weight is 632 g/mol. The highest BCUT2D eigenvalue weighted by Crippen LogP contribution is 2.49. The molecule has 0 bridgehead atoms. The van der Waals surface area contributed by atoms with Gasteiger partial charge in [-0.25, -0.2) is 0 Å². The van der Waals surface area contributed by atoms with Crippen molar-refractivity contribution in [3.63, 3.8) is 0 Å². The maximum Gasteiger partial charge on any atom is 0.306 e. The Labute approximate surface area is 245 Å². The van der Waals surface area contributed by atoms with Gasteiger partial charge < -0.3 is 19.6 Å². The minimum atomic E-state index is -4.30. The molecule has 4 N–H and O–H groups in total. The number of quaternary nitrogens is 1. The fourth-order valence-corrected chi connectivity index (χ4v) is 6.45. The van der Waals surface area contributed by atoms with E-state index in [4.69, 9.17) is 30.9 Å². The van der Waals surface area contributed by atoms with Crippen LogP contribution in [0.15, 0.2) is 24.3 Å². The number of hydrogen-bond acceptors (Lipinski definition) is 7. The van der Waals surface area contributed by atoms with Crippen LogP contribution in [-0.2, 0) is 30.4 Å². The first-order valence-electron chi connectivity index (χ1n) is 13.0. The molecule has 2 rings (SSSR count). The second-order valence-electron chi connectivity index (χ2n) is 11.9. The van der Waals surface area contributed by atoms with Crippen molar-refractivity contribution >= 4 is 37.8 Å². The number of hydrogen-bond donors (Lipinski definition) is 4. The van der Waals surface area contributed by atoms with Gasteiger partial charge in [0.2, 0.25) is 0 Å². The largest absolute Gasteiger partial charge is 0.481 e. The number of aliphatic hydroxyl groups excluding tert-OH is 1. The molecule has 1 aliphatic carbocycles. The Bertz CT molecular complexity index is 1080. The molecule has 1 saturated carbocycles. The number of aliphatic carboxylic acids is 1. The Morgan fingerprint density at radius 1 is 1.00 bits per heavy atom. The summed E-state index contributed by atoms with van der Waals surface area (Å²) >= 11 is 6.04. The van der Waals surface area contributed by atoms with Gasteiger partial charge in [0.25, 0.3) is 20.2 Å². The molecule has 0 spiro atoms. The quantitative estimate of drug-likeness (QED) is 0.199. The summed E-state index contributed by atoms with van der Waals surface area (Å²) < 4.78 is 56.0. The molecule has 40 heavy (non-hydrogen) atoms. The first kappa shape index (κ1) is 38.7. The Morgan fingerprint density at radius 3 is 1.73 bits per heavy atom. The second kappa shape index (κ2) is 16.4. The van der Waals surface area contributed by atoms with Crippen LogP contribution in [0.25, 0.3) is 0 Å². The average Bonchev–Trinajstić information content (AvgIpc) is 2.70. The summed E-state index contributed by atoms with van der Waals surface area (Å²) in [6.07, 6.45) is 4.32. The fraction of sp³-hybridized carbons (Fsp3) is 0.731. The van der Waals surface area contributed by atoms with Crippen LogP contribution in [-0.4, -0.2) is 117 Å². The van der Waals surface area contributed by atoms with Crippen LogP contribution >= 0.6 is 11.6 Å². The highest BCUT2D eigenvalue weighted by Gasteiger charge is 2.46. The lowest BCUT2D eigenvalue weighted by molar-refractivity contribution is -0.873. The molecular formula is C26H48ClN2O9S2+. The molecule has 1 unspecified atom stereocenters. The van der Waals surface area contributed by atoms with Crippen molar-refractivity contribution < 1.29 is 45.4 Å². The predicted molar refractivity (Wildman–Crippen MR) is 158 cm³/mol. The third kappa shape index (κ3) is 16.8. The number of benzene rings is 1.